The summed E-state index contributed by atoms with van der Waals surface area (Å²) in [5.41, 5.74) is 0.0867. The lowest BCUT2D eigenvalue weighted by Crippen LogP contribution is -2.51. The molecule has 162 valence electrons. The summed E-state index contributed by atoms with van der Waals surface area (Å²) in [6, 6.07) is 13.8. The van der Waals surface area contributed by atoms with Crippen molar-refractivity contribution < 1.29 is 18.7 Å². The number of nitrogens with zero attached hydrogens (tertiary/aromatic N) is 1. The van der Waals surface area contributed by atoms with Crippen molar-refractivity contribution in [3.63, 3.8) is 0 Å². The third kappa shape index (κ3) is 4.71. The fourth-order valence-corrected chi connectivity index (χ4v) is 5.45. The lowest BCUT2D eigenvalue weighted by Gasteiger charge is -2.46. The normalized spacial score (nSPS) is 25.6. The van der Waals surface area contributed by atoms with E-state index in [4.69, 9.17) is 14.5 Å². The lowest BCUT2D eigenvalue weighted by atomic mass is 9.75. The molecule has 1 fully saturated rings. The van der Waals surface area contributed by atoms with Crippen LogP contribution in [-0.4, -0.2) is 36.6 Å². The smallest absolute Gasteiger partial charge is 0.257 e. The number of amides is 1. The zero-order valence-electron chi connectivity index (χ0n) is 16.9. The van der Waals surface area contributed by atoms with E-state index in [1.165, 1.54) is 17.8 Å². The second-order valence-electron chi connectivity index (χ2n) is 7.44. The highest BCUT2D eigenvalue weighted by molar-refractivity contribution is 9.10. The number of fused-ring (bicyclic) bond motifs is 1. The Morgan fingerprint density at radius 1 is 1.35 bits per heavy atom. The fraction of sp³-hybridized carbons (Fsp3) is 0.304. The quantitative estimate of drug-likeness (QED) is 0.602. The second kappa shape index (κ2) is 9.54. The number of rotatable bonds is 4. The molecule has 0 bridgehead atoms. The van der Waals surface area contributed by atoms with Crippen LogP contribution in [0.5, 0.6) is 0 Å². The molecule has 0 spiro atoms. The summed E-state index contributed by atoms with van der Waals surface area (Å²) in [4.78, 5) is 17.6. The molecule has 3 atom stereocenters. The first-order valence-electron chi connectivity index (χ1n) is 9.87. The monoisotopic (exact) mass is 504 g/mol. The molecule has 2 aromatic rings. The fourth-order valence-electron chi connectivity index (χ4n) is 3.93. The van der Waals surface area contributed by atoms with E-state index in [9.17, 15) is 4.79 Å². The number of benzene rings is 2. The average molecular weight is 505 g/mol. The minimum Gasteiger partial charge on any atom is -0.505 e. The summed E-state index contributed by atoms with van der Waals surface area (Å²) >= 11 is 4.92. The maximum Gasteiger partial charge on any atom is 0.257 e. The molecule has 4 rings (SSSR count). The Kier molecular flexibility index (Phi) is 6.79. The van der Waals surface area contributed by atoms with E-state index in [1.54, 1.807) is 37.6 Å². The van der Waals surface area contributed by atoms with E-state index in [2.05, 4.69) is 21.2 Å². The third-order valence-electron chi connectivity index (χ3n) is 5.51. The summed E-state index contributed by atoms with van der Waals surface area (Å²) in [5.74, 6) is 0.124. The standard InChI is InChI=1S/C23H22BrFN2O3S/c1-29-10-9-18-11-16-13-31-22(26-21(28)15-5-3-2-4-6-15)27-23(16,14-30-18)19-12-17(24)7-8-20(19)25/h2-10,12,16,18H,11,13-14H2,1H3,(H,26,27,28)/t16-,18-,23-/m0/s1. The molecule has 8 heteroatoms. The first kappa shape index (κ1) is 22.0. The molecule has 2 heterocycles. The Balaban J connectivity index is 1.69. The molecule has 0 aromatic heterocycles. The molecule has 0 aliphatic carbocycles. The number of carbonyl (C=O) groups excluding carboxylic acids is 1. The Labute approximate surface area is 193 Å². The molecule has 0 radical (unpaired) electrons. The minimum absolute atomic E-state index is 0.0268. The number of halogens is 2. The number of aliphatic imine (C=N–C) groups is 1. The van der Waals surface area contributed by atoms with Gasteiger partial charge in [-0.1, -0.05) is 45.9 Å². The van der Waals surface area contributed by atoms with Crippen LogP contribution in [0.3, 0.4) is 0 Å². The predicted octanol–water partition coefficient (Wildman–Crippen LogP) is 4.88. The van der Waals surface area contributed by atoms with Crippen LogP contribution in [0.1, 0.15) is 22.3 Å². The van der Waals surface area contributed by atoms with Crippen LogP contribution >= 0.6 is 27.7 Å². The Hall–Kier alpha value is -2.16. The second-order valence-corrected chi connectivity index (χ2v) is 9.37. The van der Waals surface area contributed by atoms with Crippen molar-refractivity contribution in [3.8, 4) is 0 Å². The first-order valence-corrected chi connectivity index (χ1v) is 11.7. The van der Waals surface area contributed by atoms with Gasteiger partial charge in [0.05, 0.1) is 26.1 Å². The van der Waals surface area contributed by atoms with Crippen molar-refractivity contribution in [1.82, 2.24) is 5.32 Å². The van der Waals surface area contributed by atoms with Gasteiger partial charge < -0.3 is 14.8 Å². The van der Waals surface area contributed by atoms with Crippen molar-refractivity contribution in [3.05, 3.63) is 82.3 Å². The Morgan fingerprint density at radius 3 is 2.94 bits per heavy atom. The number of hydrogen-bond donors (Lipinski definition) is 1. The van der Waals surface area contributed by atoms with Gasteiger partial charge in [0, 0.05) is 27.3 Å². The zero-order chi connectivity index (χ0) is 21.8. The largest absolute Gasteiger partial charge is 0.505 e. The van der Waals surface area contributed by atoms with E-state index in [0.717, 1.165) is 4.47 Å². The van der Waals surface area contributed by atoms with E-state index in [-0.39, 0.29) is 30.4 Å². The third-order valence-corrected chi connectivity index (χ3v) is 7.04. The van der Waals surface area contributed by atoms with Gasteiger partial charge >= 0.3 is 0 Å². The summed E-state index contributed by atoms with van der Waals surface area (Å²) in [5, 5.41) is 3.36. The lowest BCUT2D eigenvalue weighted by molar-refractivity contribution is -0.0351. The van der Waals surface area contributed by atoms with Crippen molar-refractivity contribution in [2.24, 2.45) is 10.9 Å². The molecular weight excluding hydrogens is 483 g/mol. The van der Waals surface area contributed by atoms with Crippen LogP contribution in [0.25, 0.3) is 0 Å². The molecule has 2 aliphatic heterocycles. The molecule has 2 aliphatic rings. The number of thioether (sulfide) groups is 1. The topological polar surface area (TPSA) is 59.9 Å². The highest BCUT2D eigenvalue weighted by Gasteiger charge is 2.49. The van der Waals surface area contributed by atoms with Crippen molar-refractivity contribution in [1.29, 1.82) is 0 Å². The molecule has 5 nitrogen and oxygen atoms in total. The van der Waals surface area contributed by atoms with Crippen molar-refractivity contribution in [2.45, 2.75) is 18.1 Å². The molecule has 1 amide bonds. The van der Waals surface area contributed by atoms with Crippen LogP contribution in [0, 0.1) is 11.7 Å². The van der Waals surface area contributed by atoms with E-state index in [1.807, 2.05) is 24.3 Å². The van der Waals surface area contributed by atoms with Crippen LogP contribution in [0.2, 0.25) is 0 Å². The van der Waals surface area contributed by atoms with Gasteiger partial charge in [0.25, 0.3) is 5.91 Å². The number of methoxy groups -OCH3 is 1. The van der Waals surface area contributed by atoms with Gasteiger partial charge in [0.1, 0.15) is 11.4 Å². The molecule has 2 aromatic carbocycles. The Morgan fingerprint density at radius 2 is 2.16 bits per heavy atom. The van der Waals surface area contributed by atoms with Gasteiger partial charge in [0.2, 0.25) is 0 Å². The van der Waals surface area contributed by atoms with Crippen molar-refractivity contribution >= 4 is 38.8 Å². The maximum atomic E-state index is 15.0. The van der Waals surface area contributed by atoms with Gasteiger partial charge in [-0.3, -0.25) is 4.79 Å². The van der Waals surface area contributed by atoms with Gasteiger partial charge in [0.15, 0.2) is 5.17 Å². The summed E-state index contributed by atoms with van der Waals surface area (Å²) < 4.78 is 26.8. The van der Waals surface area contributed by atoms with Gasteiger partial charge in [-0.05, 0) is 42.8 Å². The highest BCUT2D eigenvalue weighted by atomic mass is 79.9. The maximum absolute atomic E-state index is 15.0. The van der Waals surface area contributed by atoms with Gasteiger partial charge in [-0.25, -0.2) is 9.38 Å². The van der Waals surface area contributed by atoms with E-state index >= 15 is 4.39 Å². The molecule has 31 heavy (non-hydrogen) atoms. The SMILES string of the molecule is COC=C[C@H]1C[C@H]2CSC(NC(=O)c3ccccc3)=N[C@@]2(c2cc(Br)ccc2F)CO1. The minimum atomic E-state index is -0.921. The van der Waals surface area contributed by atoms with E-state index < -0.39 is 5.54 Å². The number of ether oxygens (including phenoxy) is 2. The molecule has 0 saturated carbocycles. The van der Waals surface area contributed by atoms with Crippen LogP contribution < -0.4 is 5.32 Å². The molecule has 0 unspecified atom stereocenters. The van der Waals surface area contributed by atoms with E-state index in [0.29, 0.717) is 28.5 Å². The predicted molar refractivity (Wildman–Crippen MR) is 124 cm³/mol. The number of hydrogen-bond acceptors (Lipinski definition) is 5. The van der Waals surface area contributed by atoms with Crippen molar-refractivity contribution in [2.75, 3.05) is 19.5 Å². The number of amidine groups is 1. The average Bonchev–Trinajstić information content (AvgIpc) is 2.79. The molecule has 1 N–H and O–H groups in total. The summed E-state index contributed by atoms with van der Waals surface area (Å²) in [6.07, 6.45) is 4.00. The summed E-state index contributed by atoms with van der Waals surface area (Å²) in [6.45, 7) is 0.203. The molecular formula is C23H22BrFN2O3S. The van der Waals surface area contributed by atoms with Gasteiger partial charge in [-0.2, -0.15) is 0 Å². The van der Waals surface area contributed by atoms with Crippen LogP contribution in [0.15, 0.2) is 70.3 Å². The van der Waals surface area contributed by atoms with Crippen LogP contribution in [0.4, 0.5) is 4.39 Å². The first-order chi connectivity index (χ1) is 15.0. The zero-order valence-corrected chi connectivity index (χ0v) is 19.3. The number of carbonyl (C=O) groups is 1. The molecule has 1 saturated heterocycles. The Bertz CT molecular complexity index is 1020. The van der Waals surface area contributed by atoms with Crippen LogP contribution in [-0.2, 0) is 15.0 Å². The highest BCUT2D eigenvalue weighted by Crippen LogP contribution is 2.47. The summed E-state index contributed by atoms with van der Waals surface area (Å²) in [7, 11) is 1.59. The van der Waals surface area contributed by atoms with Gasteiger partial charge in [-0.15, -0.1) is 0 Å². The number of nitrogens with one attached hydrogen (secondary N) is 1.